The minimum Gasteiger partial charge on any atom is -0.481 e. The van der Waals surface area contributed by atoms with Gasteiger partial charge >= 0.3 is 5.97 Å². The van der Waals surface area contributed by atoms with Crippen molar-refractivity contribution in [1.29, 1.82) is 0 Å². The second-order valence-corrected chi connectivity index (χ2v) is 8.67. The Labute approximate surface area is 195 Å². The van der Waals surface area contributed by atoms with Gasteiger partial charge in [-0.25, -0.2) is 4.98 Å². The van der Waals surface area contributed by atoms with Crippen LogP contribution in [0.15, 0.2) is 48.5 Å². The number of carbonyl (C=O) groups excluding carboxylic acids is 1. The van der Waals surface area contributed by atoms with E-state index in [1.165, 1.54) is 0 Å². The van der Waals surface area contributed by atoms with E-state index in [2.05, 4.69) is 4.98 Å². The van der Waals surface area contributed by atoms with Gasteiger partial charge < -0.3 is 14.7 Å². The highest BCUT2D eigenvalue weighted by Gasteiger charge is 2.31. The first-order chi connectivity index (χ1) is 15.3. The normalized spacial score (nSPS) is 17.2. The molecular formula is C24H22Cl2N2O4. The Morgan fingerprint density at radius 2 is 1.94 bits per heavy atom. The molecule has 1 aliphatic rings. The summed E-state index contributed by atoms with van der Waals surface area (Å²) in [5, 5.41) is 11.0. The molecule has 0 bridgehead atoms. The van der Waals surface area contributed by atoms with E-state index in [0.29, 0.717) is 40.8 Å². The molecule has 1 fully saturated rings. The molecule has 1 unspecified atom stereocenters. The fraction of sp³-hybridized carbons (Fsp3) is 0.292. The lowest BCUT2D eigenvalue weighted by molar-refractivity contribution is -0.147. The number of carboxylic acid groups (broad SMARTS) is 1. The van der Waals surface area contributed by atoms with E-state index in [1.807, 2.05) is 30.3 Å². The zero-order chi connectivity index (χ0) is 22.8. The van der Waals surface area contributed by atoms with Gasteiger partial charge in [-0.2, -0.15) is 0 Å². The third kappa shape index (κ3) is 4.66. The van der Waals surface area contributed by atoms with Crippen molar-refractivity contribution in [2.75, 3.05) is 13.1 Å². The fourth-order valence-electron chi connectivity index (χ4n) is 4.04. The summed E-state index contributed by atoms with van der Waals surface area (Å²) in [5.41, 5.74) is 2.32. The summed E-state index contributed by atoms with van der Waals surface area (Å²) >= 11 is 12.7. The number of fused-ring (bicyclic) bond motifs is 1. The lowest BCUT2D eigenvalue weighted by atomic mass is 9.98. The number of ether oxygens (including phenoxy) is 1. The Kier molecular flexibility index (Phi) is 6.53. The van der Waals surface area contributed by atoms with E-state index in [1.54, 1.807) is 30.0 Å². The highest BCUT2D eigenvalue weighted by atomic mass is 35.5. The fourth-order valence-corrected chi connectivity index (χ4v) is 4.48. The number of piperidine rings is 1. The smallest absolute Gasteiger partial charge is 0.308 e. The van der Waals surface area contributed by atoms with Crippen LogP contribution in [0.3, 0.4) is 0 Å². The Morgan fingerprint density at radius 1 is 1.16 bits per heavy atom. The number of benzene rings is 2. The lowest BCUT2D eigenvalue weighted by Gasteiger charge is -2.32. The van der Waals surface area contributed by atoms with Crippen LogP contribution in [0.25, 0.3) is 22.0 Å². The van der Waals surface area contributed by atoms with Gasteiger partial charge in [0.1, 0.15) is 10.9 Å². The molecule has 1 N–H and O–H groups in total. The van der Waals surface area contributed by atoms with E-state index in [0.717, 1.165) is 16.5 Å². The van der Waals surface area contributed by atoms with Crippen molar-refractivity contribution < 1.29 is 19.4 Å². The van der Waals surface area contributed by atoms with Crippen LogP contribution in [0.1, 0.15) is 19.8 Å². The summed E-state index contributed by atoms with van der Waals surface area (Å²) in [5.74, 6) is -1.16. The Bertz CT molecular complexity index is 1180. The summed E-state index contributed by atoms with van der Waals surface area (Å²) in [6, 6.07) is 14.7. The number of hydrogen-bond acceptors (Lipinski definition) is 4. The Balaban J connectivity index is 1.57. The third-order valence-electron chi connectivity index (χ3n) is 5.66. The second kappa shape index (κ2) is 9.35. The third-order valence-corrected chi connectivity index (χ3v) is 6.18. The molecule has 166 valence electrons. The molecule has 32 heavy (non-hydrogen) atoms. The summed E-state index contributed by atoms with van der Waals surface area (Å²) < 4.78 is 5.89. The number of pyridine rings is 1. The van der Waals surface area contributed by atoms with Gasteiger partial charge in [0.2, 0.25) is 0 Å². The van der Waals surface area contributed by atoms with Gasteiger partial charge in [0.15, 0.2) is 6.10 Å². The average Bonchev–Trinajstić information content (AvgIpc) is 2.78. The van der Waals surface area contributed by atoms with Gasteiger partial charge in [-0.1, -0.05) is 41.4 Å². The Hall–Kier alpha value is -2.83. The largest absolute Gasteiger partial charge is 0.481 e. The number of amides is 1. The van der Waals surface area contributed by atoms with E-state index >= 15 is 0 Å². The van der Waals surface area contributed by atoms with E-state index in [9.17, 15) is 14.7 Å². The first-order valence-corrected chi connectivity index (χ1v) is 11.1. The predicted molar refractivity (Wildman–Crippen MR) is 124 cm³/mol. The van der Waals surface area contributed by atoms with Crippen molar-refractivity contribution in [1.82, 2.24) is 9.88 Å². The molecule has 2 aromatic carbocycles. The number of carboxylic acids is 1. The topological polar surface area (TPSA) is 79.7 Å². The molecular weight excluding hydrogens is 451 g/mol. The maximum absolute atomic E-state index is 12.8. The van der Waals surface area contributed by atoms with Crippen molar-refractivity contribution in [3.63, 3.8) is 0 Å². The lowest BCUT2D eigenvalue weighted by Crippen LogP contribution is -2.47. The first kappa shape index (κ1) is 22.4. The van der Waals surface area contributed by atoms with E-state index in [-0.39, 0.29) is 12.5 Å². The van der Waals surface area contributed by atoms with Crippen molar-refractivity contribution in [2.24, 2.45) is 5.92 Å². The molecule has 0 spiro atoms. The SMILES string of the molecule is CC(Oc1ccc2c(-c3ccccc3Cl)cc(Cl)nc2c1)C(=O)N1CCC[C@H](C(=O)O)C1. The number of aliphatic carboxylic acids is 1. The Morgan fingerprint density at radius 3 is 2.69 bits per heavy atom. The van der Waals surface area contributed by atoms with Gasteiger partial charge in [-0.15, -0.1) is 0 Å². The zero-order valence-corrected chi connectivity index (χ0v) is 18.9. The zero-order valence-electron chi connectivity index (χ0n) is 17.4. The molecule has 1 amide bonds. The molecule has 0 saturated carbocycles. The molecule has 2 heterocycles. The number of likely N-dealkylation sites (tertiary alicyclic amines) is 1. The monoisotopic (exact) mass is 472 g/mol. The van der Waals surface area contributed by atoms with E-state index < -0.39 is 18.0 Å². The molecule has 1 saturated heterocycles. The maximum Gasteiger partial charge on any atom is 0.308 e. The summed E-state index contributed by atoms with van der Waals surface area (Å²) in [6.45, 7) is 2.40. The second-order valence-electron chi connectivity index (χ2n) is 7.87. The van der Waals surface area contributed by atoms with Gasteiger partial charge in [-0.3, -0.25) is 9.59 Å². The van der Waals surface area contributed by atoms with Gasteiger partial charge in [0.05, 0.1) is 11.4 Å². The van der Waals surface area contributed by atoms with Crippen LogP contribution >= 0.6 is 23.2 Å². The molecule has 4 rings (SSSR count). The summed E-state index contributed by atoms with van der Waals surface area (Å²) in [4.78, 5) is 30.1. The van der Waals surface area contributed by atoms with Gasteiger partial charge in [0.25, 0.3) is 5.91 Å². The molecule has 8 heteroatoms. The van der Waals surface area contributed by atoms with Crippen LogP contribution in [0.5, 0.6) is 5.75 Å². The van der Waals surface area contributed by atoms with Crippen molar-refractivity contribution in [2.45, 2.75) is 25.9 Å². The number of carbonyl (C=O) groups is 2. The van der Waals surface area contributed by atoms with Crippen LogP contribution in [0.4, 0.5) is 0 Å². The molecule has 3 aromatic rings. The number of nitrogens with zero attached hydrogens (tertiary/aromatic N) is 2. The molecule has 1 aliphatic heterocycles. The quantitative estimate of drug-likeness (QED) is 0.509. The molecule has 2 atom stereocenters. The standard InChI is InChI=1S/C24H22Cl2N2O4/c1-14(23(29)28-10-4-5-15(13-28)24(30)31)32-16-8-9-18-19(12-22(26)27-21(18)11-16)17-6-2-3-7-20(17)25/h2-3,6-9,11-12,14-15H,4-5,10,13H2,1H3,(H,30,31)/t14?,15-/m0/s1. The van der Waals surface area contributed by atoms with Crippen molar-refractivity contribution in [3.8, 4) is 16.9 Å². The molecule has 6 nitrogen and oxygen atoms in total. The number of rotatable bonds is 5. The van der Waals surface area contributed by atoms with Crippen LogP contribution in [-0.2, 0) is 9.59 Å². The number of halogens is 2. The predicted octanol–water partition coefficient (Wildman–Crippen LogP) is 5.30. The highest BCUT2D eigenvalue weighted by molar-refractivity contribution is 6.34. The molecule has 0 aliphatic carbocycles. The van der Waals surface area contributed by atoms with Crippen molar-refractivity contribution >= 4 is 46.0 Å². The minimum atomic E-state index is -0.872. The van der Waals surface area contributed by atoms with Crippen molar-refractivity contribution in [3.05, 3.63) is 58.7 Å². The van der Waals surface area contributed by atoms with E-state index in [4.69, 9.17) is 27.9 Å². The molecule has 1 aromatic heterocycles. The van der Waals surface area contributed by atoms with Crippen LogP contribution in [-0.4, -0.2) is 46.1 Å². The van der Waals surface area contributed by atoms with Crippen LogP contribution in [0.2, 0.25) is 10.2 Å². The number of hydrogen-bond donors (Lipinski definition) is 1. The van der Waals surface area contributed by atoms with Crippen LogP contribution < -0.4 is 4.74 Å². The van der Waals surface area contributed by atoms with Gasteiger partial charge in [0, 0.05) is 35.1 Å². The van der Waals surface area contributed by atoms with Crippen LogP contribution in [0, 0.1) is 5.92 Å². The maximum atomic E-state index is 12.8. The average molecular weight is 473 g/mol. The van der Waals surface area contributed by atoms with Gasteiger partial charge in [-0.05, 0) is 49.6 Å². The highest BCUT2D eigenvalue weighted by Crippen LogP contribution is 2.35. The summed E-state index contributed by atoms with van der Waals surface area (Å²) in [7, 11) is 0. The minimum absolute atomic E-state index is 0.206. The summed E-state index contributed by atoms with van der Waals surface area (Å²) in [6.07, 6.45) is 0.486. The first-order valence-electron chi connectivity index (χ1n) is 10.4. The molecule has 0 radical (unpaired) electrons. The number of aromatic nitrogens is 1.